The van der Waals surface area contributed by atoms with Crippen LogP contribution in [0.15, 0.2) is 45.9 Å². The van der Waals surface area contributed by atoms with E-state index in [-0.39, 0.29) is 0 Å². The standard InChI is InChI=1S/C11H10BrNO2/c12-10-4-9(5-13-6-10)11(14)3-8-1-2-15-7-8/h1-2,4-7,11,14H,3H2. The number of halogens is 1. The Balaban J connectivity index is 2.11. The number of nitrogens with zero attached hydrogens (tertiary/aromatic N) is 1. The molecule has 0 saturated heterocycles. The number of pyridine rings is 1. The fourth-order valence-electron chi connectivity index (χ4n) is 1.36. The number of aliphatic hydroxyl groups excluding tert-OH is 1. The second kappa shape index (κ2) is 4.59. The zero-order chi connectivity index (χ0) is 10.7. The highest BCUT2D eigenvalue weighted by Crippen LogP contribution is 2.20. The van der Waals surface area contributed by atoms with Gasteiger partial charge in [-0.25, -0.2) is 0 Å². The van der Waals surface area contributed by atoms with Crippen molar-refractivity contribution >= 4 is 15.9 Å². The summed E-state index contributed by atoms with van der Waals surface area (Å²) in [5, 5.41) is 9.91. The van der Waals surface area contributed by atoms with Crippen molar-refractivity contribution in [2.24, 2.45) is 0 Å². The number of aromatic nitrogens is 1. The van der Waals surface area contributed by atoms with Crippen molar-refractivity contribution in [2.45, 2.75) is 12.5 Å². The van der Waals surface area contributed by atoms with Gasteiger partial charge in [-0.05, 0) is 33.6 Å². The first-order chi connectivity index (χ1) is 7.25. The second-order valence-electron chi connectivity index (χ2n) is 3.29. The predicted molar refractivity (Wildman–Crippen MR) is 59.3 cm³/mol. The Kier molecular flexibility index (Phi) is 3.18. The van der Waals surface area contributed by atoms with Crippen molar-refractivity contribution in [1.82, 2.24) is 4.98 Å². The molecule has 1 unspecified atom stereocenters. The summed E-state index contributed by atoms with van der Waals surface area (Å²) in [6.45, 7) is 0. The molecule has 0 spiro atoms. The normalized spacial score (nSPS) is 12.7. The lowest BCUT2D eigenvalue weighted by atomic mass is 10.1. The molecule has 0 fully saturated rings. The van der Waals surface area contributed by atoms with E-state index in [1.54, 1.807) is 24.9 Å². The van der Waals surface area contributed by atoms with Gasteiger partial charge in [0.15, 0.2) is 0 Å². The summed E-state index contributed by atoms with van der Waals surface area (Å²) in [5.74, 6) is 0. The molecule has 2 rings (SSSR count). The topological polar surface area (TPSA) is 46.3 Å². The minimum atomic E-state index is -0.549. The van der Waals surface area contributed by atoms with Crippen LogP contribution in [0.25, 0.3) is 0 Å². The first kappa shape index (κ1) is 10.4. The van der Waals surface area contributed by atoms with E-state index in [9.17, 15) is 5.11 Å². The zero-order valence-electron chi connectivity index (χ0n) is 7.93. The molecule has 0 aliphatic rings. The van der Waals surface area contributed by atoms with Gasteiger partial charge in [-0.2, -0.15) is 0 Å². The van der Waals surface area contributed by atoms with E-state index in [4.69, 9.17) is 4.42 Å². The van der Waals surface area contributed by atoms with Crippen molar-refractivity contribution in [3.8, 4) is 0 Å². The summed E-state index contributed by atoms with van der Waals surface area (Å²) in [4.78, 5) is 4.00. The van der Waals surface area contributed by atoms with Crippen LogP contribution in [0.3, 0.4) is 0 Å². The molecule has 0 saturated carbocycles. The van der Waals surface area contributed by atoms with Gasteiger partial charge < -0.3 is 9.52 Å². The van der Waals surface area contributed by atoms with Crippen LogP contribution < -0.4 is 0 Å². The molecule has 15 heavy (non-hydrogen) atoms. The molecule has 1 N–H and O–H groups in total. The monoisotopic (exact) mass is 267 g/mol. The molecule has 2 aromatic heterocycles. The van der Waals surface area contributed by atoms with E-state index < -0.39 is 6.10 Å². The Bertz CT molecular complexity index is 428. The quantitative estimate of drug-likeness (QED) is 0.930. The number of hydrogen-bond acceptors (Lipinski definition) is 3. The lowest BCUT2D eigenvalue weighted by molar-refractivity contribution is 0.177. The Morgan fingerprint density at radius 3 is 3.00 bits per heavy atom. The molecule has 2 aromatic rings. The van der Waals surface area contributed by atoms with Gasteiger partial charge in [-0.1, -0.05) is 0 Å². The summed E-state index contributed by atoms with van der Waals surface area (Å²) in [6, 6.07) is 3.70. The zero-order valence-corrected chi connectivity index (χ0v) is 9.52. The fourth-order valence-corrected chi connectivity index (χ4v) is 1.74. The number of hydrogen-bond donors (Lipinski definition) is 1. The third-order valence-corrected chi connectivity index (χ3v) is 2.55. The van der Waals surface area contributed by atoms with Crippen molar-refractivity contribution < 1.29 is 9.52 Å². The molecule has 0 aromatic carbocycles. The molecule has 0 radical (unpaired) electrons. The van der Waals surface area contributed by atoms with Gasteiger partial charge in [0, 0.05) is 28.9 Å². The third kappa shape index (κ3) is 2.67. The van der Waals surface area contributed by atoms with Crippen LogP contribution in [0.1, 0.15) is 17.2 Å². The Labute approximate surface area is 95.9 Å². The van der Waals surface area contributed by atoms with E-state index in [1.165, 1.54) is 0 Å². The summed E-state index contributed by atoms with van der Waals surface area (Å²) in [6.07, 6.45) is 6.57. The summed E-state index contributed by atoms with van der Waals surface area (Å²) >= 11 is 3.32. The van der Waals surface area contributed by atoms with Crippen LogP contribution in [0, 0.1) is 0 Å². The lowest BCUT2D eigenvalue weighted by Gasteiger charge is -2.09. The fraction of sp³-hybridized carbons (Fsp3) is 0.182. The number of furan rings is 1. The molecule has 3 nitrogen and oxygen atoms in total. The summed E-state index contributed by atoms with van der Waals surface area (Å²) in [5.41, 5.74) is 1.77. The van der Waals surface area contributed by atoms with Gasteiger partial charge in [-0.15, -0.1) is 0 Å². The number of aliphatic hydroxyl groups is 1. The molecule has 2 heterocycles. The smallest absolute Gasteiger partial charge is 0.0935 e. The predicted octanol–water partition coefficient (Wildman–Crippen LogP) is 2.71. The summed E-state index contributed by atoms with van der Waals surface area (Å²) < 4.78 is 5.81. The Morgan fingerprint density at radius 1 is 1.47 bits per heavy atom. The van der Waals surface area contributed by atoms with Gasteiger partial charge in [0.05, 0.1) is 18.6 Å². The maximum Gasteiger partial charge on any atom is 0.0935 e. The van der Waals surface area contributed by atoms with E-state index >= 15 is 0 Å². The van der Waals surface area contributed by atoms with Crippen LogP contribution in [-0.2, 0) is 6.42 Å². The lowest BCUT2D eigenvalue weighted by Crippen LogP contribution is -2.01. The van der Waals surface area contributed by atoms with E-state index in [0.29, 0.717) is 6.42 Å². The molecular weight excluding hydrogens is 258 g/mol. The van der Waals surface area contributed by atoms with Gasteiger partial charge in [-0.3, -0.25) is 4.98 Å². The molecule has 1 atom stereocenters. The van der Waals surface area contributed by atoms with Crippen LogP contribution in [0.2, 0.25) is 0 Å². The highest BCUT2D eigenvalue weighted by molar-refractivity contribution is 9.10. The highest BCUT2D eigenvalue weighted by atomic mass is 79.9. The second-order valence-corrected chi connectivity index (χ2v) is 4.20. The van der Waals surface area contributed by atoms with Gasteiger partial charge in [0.25, 0.3) is 0 Å². The van der Waals surface area contributed by atoms with Gasteiger partial charge in [0.1, 0.15) is 0 Å². The molecule has 0 amide bonds. The van der Waals surface area contributed by atoms with Crippen molar-refractivity contribution in [3.05, 3.63) is 52.7 Å². The van der Waals surface area contributed by atoms with Crippen LogP contribution in [0.5, 0.6) is 0 Å². The van der Waals surface area contributed by atoms with Crippen LogP contribution >= 0.6 is 15.9 Å². The Hall–Kier alpha value is -1.13. The molecule has 0 aliphatic heterocycles. The molecule has 0 bridgehead atoms. The van der Waals surface area contributed by atoms with Crippen molar-refractivity contribution in [2.75, 3.05) is 0 Å². The van der Waals surface area contributed by atoms with Crippen molar-refractivity contribution in [1.29, 1.82) is 0 Å². The van der Waals surface area contributed by atoms with E-state index in [0.717, 1.165) is 15.6 Å². The van der Waals surface area contributed by atoms with Crippen LogP contribution in [-0.4, -0.2) is 10.1 Å². The van der Waals surface area contributed by atoms with E-state index in [2.05, 4.69) is 20.9 Å². The maximum absolute atomic E-state index is 9.91. The van der Waals surface area contributed by atoms with Crippen molar-refractivity contribution in [3.63, 3.8) is 0 Å². The maximum atomic E-state index is 9.91. The molecule has 0 aliphatic carbocycles. The SMILES string of the molecule is OC(Cc1ccoc1)c1cncc(Br)c1. The third-order valence-electron chi connectivity index (χ3n) is 2.12. The molecular formula is C11H10BrNO2. The van der Waals surface area contributed by atoms with Crippen LogP contribution in [0.4, 0.5) is 0 Å². The largest absolute Gasteiger partial charge is 0.472 e. The van der Waals surface area contributed by atoms with E-state index in [1.807, 2.05) is 12.1 Å². The van der Waals surface area contributed by atoms with Gasteiger partial charge in [0.2, 0.25) is 0 Å². The highest BCUT2D eigenvalue weighted by Gasteiger charge is 2.09. The number of rotatable bonds is 3. The average molecular weight is 268 g/mol. The first-order valence-electron chi connectivity index (χ1n) is 4.55. The molecule has 78 valence electrons. The Morgan fingerprint density at radius 2 is 2.33 bits per heavy atom. The summed E-state index contributed by atoms with van der Waals surface area (Å²) in [7, 11) is 0. The minimum Gasteiger partial charge on any atom is -0.472 e. The molecule has 4 heteroatoms. The first-order valence-corrected chi connectivity index (χ1v) is 5.34. The van der Waals surface area contributed by atoms with Gasteiger partial charge >= 0.3 is 0 Å². The minimum absolute atomic E-state index is 0.536. The average Bonchev–Trinajstić information content (AvgIpc) is 2.70.